The van der Waals surface area contributed by atoms with Crippen molar-refractivity contribution < 1.29 is 9.90 Å². The van der Waals surface area contributed by atoms with Crippen LogP contribution in [-0.2, 0) is 0 Å². The molecule has 0 radical (unpaired) electrons. The fourth-order valence-electron chi connectivity index (χ4n) is 0.819. The summed E-state index contributed by atoms with van der Waals surface area (Å²) in [5.41, 5.74) is 2.93. The lowest BCUT2D eigenvalue weighted by Gasteiger charge is -2.00. The maximum absolute atomic E-state index is 10.1. The van der Waals surface area contributed by atoms with E-state index in [-0.39, 0.29) is 0 Å². The average Bonchev–Trinajstić information content (AvgIpc) is 2.05. The molecule has 4 nitrogen and oxygen atoms in total. The predicted molar refractivity (Wildman–Crippen MR) is 48.4 cm³/mol. The van der Waals surface area contributed by atoms with Gasteiger partial charge < -0.3 is 5.11 Å². The van der Waals surface area contributed by atoms with E-state index in [0.29, 0.717) is 0 Å². The molecule has 0 rings (SSSR count). The fraction of sp³-hybridized carbons (Fsp3) is 0.750. The number of nitrogens with zero attached hydrogens (tertiary/aromatic N) is 1. The van der Waals surface area contributed by atoms with Gasteiger partial charge in [-0.3, -0.25) is 0 Å². The standard InChI is InChI=1S/C8H16N2O2/c1-3-5-6-7(4-2)9-10-8(11)12/h10H,3-6H2,1-2H3,(H,11,12). The van der Waals surface area contributed by atoms with Crippen molar-refractivity contribution in [2.24, 2.45) is 5.10 Å². The minimum absolute atomic E-state index is 0.806. The zero-order valence-electron chi connectivity index (χ0n) is 7.63. The number of carboxylic acid groups (broad SMARTS) is 1. The number of rotatable bonds is 5. The van der Waals surface area contributed by atoms with Gasteiger partial charge in [0, 0.05) is 5.71 Å². The first-order valence-electron chi connectivity index (χ1n) is 4.25. The van der Waals surface area contributed by atoms with Gasteiger partial charge in [0.25, 0.3) is 0 Å². The maximum Gasteiger partial charge on any atom is 0.425 e. The molecule has 0 aromatic rings. The van der Waals surface area contributed by atoms with Gasteiger partial charge in [0.15, 0.2) is 0 Å². The molecule has 0 fully saturated rings. The van der Waals surface area contributed by atoms with Gasteiger partial charge in [0.2, 0.25) is 0 Å². The van der Waals surface area contributed by atoms with E-state index in [2.05, 4.69) is 12.0 Å². The Morgan fingerprint density at radius 2 is 2.17 bits per heavy atom. The highest BCUT2D eigenvalue weighted by atomic mass is 16.4. The van der Waals surface area contributed by atoms with Crippen LogP contribution in [0.1, 0.15) is 39.5 Å². The number of nitrogens with one attached hydrogen (secondary N) is 1. The molecule has 0 heterocycles. The molecule has 1 amide bonds. The third-order valence-corrected chi connectivity index (χ3v) is 1.54. The maximum atomic E-state index is 10.1. The summed E-state index contributed by atoms with van der Waals surface area (Å²) < 4.78 is 0. The molecule has 70 valence electrons. The van der Waals surface area contributed by atoms with Crippen LogP contribution in [0.25, 0.3) is 0 Å². The van der Waals surface area contributed by atoms with Gasteiger partial charge in [0.1, 0.15) is 0 Å². The van der Waals surface area contributed by atoms with Crippen LogP contribution in [0.15, 0.2) is 5.10 Å². The smallest absolute Gasteiger partial charge is 0.425 e. The molecule has 0 aliphatic rings. The number of unbranched alkanes of at least 4 members (excludes halogenated alkanes) is 1. The minimum Gasteiger partial charge on any atom is -0.464 e. The summed E-state index contributed by atoms with van der Waals surface area (Å²) in [6.07, 6.45) is 2.76. The second-order valence-electron chi connectivity index (χ2n) is 2.55. The summed E-state index contributed by atoms with van der Waals surface area (Å²) in [7, 11) is 0. The van der Waals surface area contributed by atoms with Gasteiger partial charge in [-0.15, -0.1) is 0 Å². The van der Waals surface area contributed by atoms with Crippen LogP contribution in [0.5, 0.6) is 0 Å². The highest BCUT2D eigenvalue weighted by Crippen LogP contribution is 1.99. The molecular weight excluding hydrogens is 156 g/mol. The molecule has 0 atom stereocenters. The minimum atomic E-state index is -1.10. The van der Waals surface area contributed by atoms with E-state index in [0.717, 1.165) is 31.4 Å². The van der Waals surface area contributed by atoms with Crippen molar-refractivity contribution in [2.45, 2.75) is 39.5 Å². The van der Waals surface area contributed by atoms with Gasteiger partial charge in [-0.2, -0.15) is 5.10 Å². The monoisotopic (exact) mass is 172 g/mol. The Kier molecular flexibility index (Phi) is 6.05. The fourth-order valence-corrected chi connectivity index (χ4v) is 0.819. The third kappa shape index (κ3) is 5.70. The summed E-state index contributed by atoms with van der Waals surface area (Å²) in [6.45, 7) is 4.07. The van der Waals surface area contributed by atoms with Crippen molar-refractivity contribution >= 4 is 11.8 Å². The molecule has 0 aromatic carbocycles. The molecule has 0 saturated heterocycles. The van der Waals surface area contributed by atoms with E-state index >= 15 is 0 Å². The molecule has 2 N–H and O–H groups in total. The van der Waals surface area contributed by atoms with E-state index in [1.54, 1.807) is 0 Å². The van der Waals surface area contributed by atoms with Crippen LogP contribution in [0.3, 0.4) is 0 Å². The van der Waals surface area contributed by atoms with Gasteiger partial charge in [-0.1, -0.05) is 20.3 Å². The van der Waals surface area contributed by atoms with Gasteiger partial charge in [0.05, 0.1) is 0 Å². The first-order valence-corrected chi connectivity index (χ1v) is 4.25. The van der Waals surface area contributed by atoms with Crippen LogP contribution in [0, 0.1) is 0 Å². The second kappa shape index (κ2) is 6.64. The van der Waals surface area contributed by atoms with Crippen molar-refractivity contribution in [3.8, 4) is 0 Å². The lowest BCUT2D eigenvalue weighted by molar-refractivity contribution is 0.195. The van der Waals surface area contributed by atoms with Crippen LogP contribution in [0.2, 0.25) is 0 Å². The van der Waals surface area contributed by atoms with E-state index in [4.69, 9.17) is 5.11 Å². The van der Waals surface area contributed by atoms with Gasteiger partial charge in [-0.25, -0.2) is 10.2 Å². The zero-order valence-corrected chi connectivity index (χ0v) is 7.63. The normalized spacial score (nSPS) is 11.3. The molecule has 0 saturated carbocycles. The Labute approximate surface area is 72.7 Å². The molecular formula is C8H16N2O2. The highest BCUT2D eigenvalue weighted by molar-refractivity contribution is 5.85. The lowest BCUT2D eigenvalue weighted by Crippen LogP contribution is -2.16. The van der Waals surface area contributed by atoms with E-state index in [9.17, 15) is 4.79 Å². The first kappa shape index (κ1) is 10.9. The Balaban J connectivity index is 3.78. The van der Waals surface area contributed by atoms with Crippen LogP contribution in [-0.4, -0.2) is 16.9 Å². The van der Waals surface area contributed by atoms with Crippen LogP contribution >= 0.6 is 0 Å². The average molecular weight is 172 g/mol. The van der Waals surface area contributed by atoms with Crippen molar-refractivity contribution in [1.29, 1.82) is 0 Å². The lowest BCUT2D eigenvalue weighted by atomic mass is 10.1. The summed E-state index contributed by atoms with van der Waals surface area (Å²) in [5.74, 6) is 0. The van der Waals surface area contributed by atoms with Gasteiger partial charge in [-0.05, 0) is 19.3 Å². The Hall–Kier alpha value is -1.06. The van der Waals surface area contributed by atoms with Gasteiger partial charge >= 0.3 is 6.09 Å². The molecule has 12 heavy (non-hydrogen) atoms. The molecule has 0 aliphatic heterocycles. The Morgan fingerprint density at radius 3 is 2.58 bits per heavy atom. The van der Waals surface area contributed by atoms with E-state index < -0.39 is 6.09 Å². The molecule has 0 bridgehead atoms. The number of hydrogen-bond donors (Lipinski definition) is 2. The van der Waals surface area contributed by atoms with E-state index in [1.807, 2.05) is 12.3 Å². The third-order valence-electron chi connectivity index (χ3n) is 1.54. The van der Waals surface area contributed by atoms with Crippen molar-refractivity contribution in [3.63, 3.8) is 0 Å². The molecule has 0 spiro atoms. The SMILES string of the molecule is CCCCC(CC)=NNC(=O)O. The summed E-state index contributed by atoms with van der Waals surface area (Å²) in [4.78, 5) is 10.1. The summed E-state index contributed by atoms with van der Waals surface area (Å²) in [5, 5.41) is 12.0. The van der Waals surface area contributed by atoms with Crippen LogP contribution in [0.4, 0.5) is 4.79 Å². The molecule has 0 aliphatic carbocycles. The van der Waals surface area contributed by atoms with Crippen molar-refractivity contribution in [2.75, 3.05) is 0 Å². The number of hydrazone groups is 1. The van der Waals surface area contributed by atoms with Crippen molar-refractivity contribution in [3.05, 3.63) is 0 Å². The highest BCUT2D eigenvalue weighted by Gasteiger charge is 1.96. The summed E-state index contributed by atoms with van der Waals surface area (Å²) in [6, 6.07) is 0. The largest absolute Gasteiger partial charge is 0.464 e. The molecule has 0 unspecified atom stereocenters. The van der Waals surface area contributed by atoms with Crippen molar-refractivity contribution in [1.82, 2.24) is 5.43 Å². The van der Waals surface area contributed by atoms with E-state index in [1.165, 1.54) is 0 Å². The Morgan fingerprint density at radius 1 is 1.50 bits per heavy atom. The number of hydrogen-bond acceptors (Lipinski definition) is 2. The topological polar surface area (TPSA) is 61.7 Å². The molecule has 0 aromatic heterocycles. The quantitative estimate of drug-likeness (QED) is 0.493. The summed E-state index contributed by atoms with van der Waals surface area (Å²) >= 11 is 0. The number of carbonyl (C=O) groups is 1. The first-order chi connectivity index (χ1) is 5.70. The molecule has 4 heteroatoms. The Bertz CT molecular complexity index is 166. The predicted octanol–water partition coefficient (Wildman–Crippen LogP) is 2.21. The zero-order chi connectivity index (χ0) is 9.40. The second-order valence-corrected chi connectivity index (χ2v) is 2.55. The number of amides is 1. The van der Waals surface area contributed by atoms with Crippen LogP contribution < -0.4 is 5.43 Å².